The van der Waals surface area contributed by atoms with Gasteiger partial charge < -0.3 is 9.67 Å². The number of nitrogens with zero attached hydrogens (tertiary/aromatic N) is 2. The summed E-state index contributed by atoms with van der Waals surface area (Å²) in [5, 5.41) is 10.6. The molecule has 0 aliphatic rings. The zero-order valence-corrected chi connectivity index (χ0v) is 8.28. The molecule has 0 bridgehead atoms. The molecule has 0 aliphatic heterocycles. The highest BCUT2D eigenvalue weighted by Crippen LogP contribution is 2.24. The first kappa shape index (κ1) is 8.96. The first-order chi connectivity index (χ1) is 6.68. The zero-order valence-electron chi connectivity index (χ0n) is 7.47. The lowest BCUT2D eigenvalue weighted by atomic mass is 10.2. The van der Waals surface area contributed by atoms with Crippen molar-refractivity contribution in [1.82, 2.24) is 9.55 Å². The van der Waals surface area contributed by atoms with Gasteiger partial charge in [0.15, 0.2) is 0 Å². The second-order valence-electron chi connectivity index (χ2n) is 2.89. The molecule has 2 aromatic heterocycles. The highest BCUT2D eigenvalue weighted by molar-refractivity contribution is 7.12. The predicted molar refractivity (Wildman–Crippen MR) is 53.5 cm³/mol. The molecule has 4 nitrogen and oxygen atoms in total. The van der Waals surface area contributed by atoms with Gasteiger partial charge in [0, 0.05) is 18.0 Å². The molecule has 5 heteroatoms. The maximum Gasteiger partial charge on any atom is 0.345 e. The summed E-state index contributed by atoms with van der Waals surface area (Å²) in [5.41, 5.74) is 1.82. The zero-order chi connectivity index (χ0) is 10.1. The fraction of sp³-hybridized carbons (Fsp3) is 0.111. The van der Waals surface area contributed by atoms with Gasteiger partial charge in [-0.2, -0.15) is 0 Å². The second-order valence-corrected chi connectivity index (χ2v) is 3.81. The van der Waals surface area contributed by atoms with Gasteiger partial charge >= 0.3 is 5.97 Å². The van der Waals surface area contributed by atoms with Crippen LogP contribution in [0.4, 0.5) is 0 Å². The first-order valence-corrected chi connectivity index (χ1v) is 4.85. The van der Waals surface area contributed by atoms with E-state index in [1.807, 2.05) is 17.0 Å². The molecular formula is C9H8N2O2S. The summed E-state index contributed by atoms with van der Waals surface area (Å²) in [6.07, 6.45) is 3.40. The Bertz CT molecular complexity index is 473. The molecule has 0 aliphatic carbocycles. The summed E-state index contributed by atoms with van der Waals surface area (Å²) in [6, 6.07) is 1.66. The third-order valence-corrected chi connectivity index (χ3v) is 2.84. The highest BCUT2D eigenvalue weighted by atomic mass is 32.1. The fourth-order valence-corrected chi connectivity index (χ4v) is 1.96. The quantitative estimate of drug-likeness (QED) is 0.819. The molecule has 0 atom stereocenters. The topological polar surface area (TPSA) is 55.1 Å². The second kappa shape index (κ2) is 3.26. The molecule has 2 aromatic rings. The largest absolute Gasteiger partial charge is 0.477 e. The smallest absolute Gasteiger partial charge is 0.345 e. The molecule has 0 aromatic carbocycles. The van der Waals surface area contributed by atoms with E-state index in [1.165, 1.54) is 11.3 Å². The number of carboxylic acids is 1. The number of aromatic nitrogens is 2. The SMILES string of the molecule is Cn1cncc1-c1csc(C(=O)O)c1. The van der Waals surface area contributed by atoms with Gasteiger partial charge in [0.1, 0.15) is 4.88 Å². The highest BCUT2D eigenvalue weighted by Gasteiger charge is 2.09. The van der Waals surface area contributed by atoms with E-state index in [4.69, 9.17) is 5.11 Å². The van der Waals surface area contributed by atoms with Crippen LogP contribution in [0.3, 0.4) is 0 Å². The van der Waals surface area contributed by atoms with Crippen LogP contribution in [0, 0.1) is 0 Å². The van der Waals surface area contributed by atoms with Crippen LogP contribution < -0.4 is 0 Å². The van der Waals surface area contributed by atoms with Gasteiger partial charge in [0.05, 0.1) is 18.2 Å². The lowest BCUT2D eigenvalue weighted by Gasteiger charge is -1.96. The molecule has 0 unspecified atom stereocenters. The third kappa shape index (κ3) is 1.42. The molecule has 72 valence electrons. The average molecular weight is 208 g/mol. The third-order valence-electron chi connectivity index (χ3n) is 1.92. The van der Waals surface area contributed by atoms with E-state index in [0.717, 1.165) is 11.3 Å². The Morgan fingerprint density at radius 1 is 1.64 bits per heavy atom. The predicted octanol–water partition coefficient (Wildman–Crippen LogP) is 1.85. The van der Waals surface area contributed by atoms with Crippen molar-refractivity contribution in [2.75, 3.05) is 0 Å². The summed E-state index contributed by atoms with van der Waals surface area (Å²) in [5.74, 6) is -0.886. The Morgan fingerprint density at radius 2 is 2.43 bits per heavy atom. The van der Waals surface area contributed by atoms with Crippen LogP contribution in [-0.4, -0.2) is 20.6 Å². The molecule has 2 rings (SSSR count). The minimum atomic E-state index is -0.886. The van der Waals surface area contributed by atoms with E-state index in [0.29, 0.717) is 4.88 Å². The van der Waals surface area contributed by atoms with Crippen LogP contribution in [-0.2, 0) is 7.05 Å². The van der Waals surface area contributed by atoms with Crippen LogP contribution in [0.2, 0.25) is 0 Å². The van der Waals surface area contributed by atoms with Crippen molar-refractivity contribution < 1.29 is 9.90 Å². The molecule has 2 heterocycles. The maximum absolute atomic E-state index is 10.7. The Hall–Kier alpha value is -1.62. The summed E-state index contributed by atoms with van der Waals surface area (Å²) in [4.78, 5) is 15.0. The number of thiophene rings is 1. The molecule has 0 radical (unpaired) electrons. The van der Waals surface area contributed by atoms with Crippen molar-refractivity contribution in [3.05, 3.63) is 28.8 Å². The summed E-state index contributed by atoms with van der Waals surface area (Å²) in [7, 11) is 1.88. The number of imidazole rings is 1. The summed E-state index contributed by atoms with van der Waals surface area (Å²) in [6.45, 7) is 0. The molecule has 0 saturated carbocycles. The van der Waals surface area contributed by atoms with Gasteiger partial charge in [-0.15, -0.1) is 11.3 Å². The van der Waals surface area contributed by atoms with E-state index in [-0.39, 0.29) is 0 Å². The van der Waals surface area contributed by atoms with Gasteiger partial charge in [0.25, 0.3) is 0 Å². The minimum Gasteiger partial charge on any atom is -0.477 e. The van der Waals surface area contributed by atoms with E-state index >= 15 is 0 Å². The number of carboxylic acid groups (broad SMARTS) is 1. The molecule has 1 N–H and O–H groups in total. The minimum absolute atomic E-state index is 0.348. The normalized spacial score (nSPS) is 10.4. The molecule has 0 amide bonds. The lowest BCUT2D eigenvalue weighted by Crippen LogP contribution is -1.91. The lowest BCUT2D eigenvalue weighted by molar-refractivity contribution is 0.0702. The molecule has 0 fully saturated rings. The van der Waals surface area contributed by atoms with Crippen LogP contribution in [0.5, 0.6) is 0 Å². The Kier molecular flexibility index (Phi) is 2.09. The van der Waals surface area contributed by atoms with E-state index in [9.17, 15) is 4.79 Å². The number of carbonyl (C=O) groups is 1. The number of hydrogen-bond donors (Lipinski definition) is 1. The molecular weight excluding hydrogens is 200 g/mol. The van der Waals surface area contributed by atoms with Crippen molar-refractivity contribution in [3.63, 3.8) is 0 Å². The number of aromatic carboxylic acids is 1. The van der Waals surface area contributed by atoms with Crippen molar-refractivity contribution in [1.29, 1.82) is 0 Å². The van der Waals surface area contributed by atoms with E-state index in [2.05, 4.69) is 4.98 Å². The van der Waals surface area contributed by atoms with Gasteiger partial charge in [-0.05, 0) is 6.07 Å². The molecule has 0 spiro atoms. The van der Waals surface area contributed by atoms with Crippen molar-refractivity contribution >= 4 is 17.3 Å². The Labute approximate surface area is 84.5 Å². The fourth-order valence-electron chi connectivity index (χ4n) is 1.22. The monoisotopic (exact) mass is 208 g/mol. The van der Waals surface area contributed by atoms with Gasteiger partial charge in [0.2, 0.25) is 0 Å². The molecule has 14 heavy (non-hydrogen) atoms. The van der Waals surface area contributed by atoms with Crippen molar-refractivity contribution in [2.24, 2.45) is 7.05 Å². The van der Waals surface area contributed by atoms with E-state index < -0.39 is 5.97 Å². The van der Waals surface area contributed by atoms with Gasteiger partial charge in [-0.25, -0.2) is 9.78 Å². The van der Waals surface area contributed by atoms with Crippen LogP contribution in [0.25, 0.3) is 11.3 Å². The van der Waals surface area contributed by atoms with Crippen molar-refractivity contribution in [2.45, 2.75) is 0 Å². The van der Waals surface area contributed by atoms with E-state index in [1.54, 1.807) is 18.6 Å². The molecule has 0 saturated heterocycles. The number of hydrogen-bond acceptors (Lipinski definition) is 3. The average Bonchev–Trinajstić information content (AvgIpc) is 2.71. The van der Waals surface area contributed by atoms with Crippen LogP contribution in [0.1, 0.15) is 9.67 Å². The Morgan fingerprint density at radius 3 is 2.93 bits per heavy atom. The van der Waals surface area contributed by atoms with Crippen molar-refractivity contribution in [3.8, 4) is 11.3 Å². The van der Waals surface area contributed by atoms with Gasteiger partial charge in [-0.1, -0.05) is 0 Å². The maximum atomic E-state index is 10.7. The number of aryl methyl sites for hydroxylation is 1. The first-order valence-electron chi connectivity index (χ1n) is 3.97. The summed E-state index contributed by atoms with van der Waals surface area (Å²) >= 11 is 1.22. The standard InChI is InChI=1S/C9H8N2O2S/c1-11-5-10-3-7(11)6-2-8(9(12)13)14-4-6/h2-5H,1H3,(H,12,13). The van der Waals surface area contributed by atoms with Crippen LogP contribution >= 0.6 is 11.3 Å². The summed E-state index contributed by atoms with van der Waals surface area (Å²) < 4.78 is 1.85. The number of rotatable bonds is 2. The van der Waals surface area contributed by atoms with Crippen LogP contribution in [0.15, 0.2) is 24.0 Å². The Balaban J connectivity index is 2.43. The van der Waals surface area contributed by atoms with Gasteiger partial charge in [-0.3, -0.25) is 0 Å².